The third kappa shape index (κ3) is 2.49. The predicted molar refractivity (Wildman–Crippen MR) is 61.9 cm³/mol. The van der Waals surface area contributed by atoms with Gasteiger partial charge in [0.05, 0.1) is 6.54 Å². The summed E-state index contributed by atoms with van der Waals surface area (Å²) in [6, 6.07) is 2.12. The number of nitrogens with one attached hydrogen (secondary N) is 1. The molecule has 0 saturated carbocycles. The van der Waals surface area contributed by atoms with Crippen LogP contribution in [0.1, 0.15) is 18.3 Å². The van der Waals surface area contributed by atoms with Gasteiger partial charge in [-0.2, -0.15) is 0 Å². The highest BCUT2D eigenvalue weighted by Gasteiger charge is 2.02. The van der Waals surface area contributed by atoms with Crippen LogP contribution in [-0.4, -0.2) is 25.9 Å². The van der Waals surface area contributed by atoms with Crippen molar-refractivity contribution >= 4 is 0 Å². The van der Waals surface area contributed by atoms with Crippen molar-refractivity contribution in [1.29, 1.82) is 0 Å². The third-order valence-corrected chi connectivity index (χ3v) is 2.52. The molecule has 0 radical (unpaired) electrons. The molecule has 2 aromatic heterocycles. The fourth-order valence-electron chi connectivity index (χ4n) is 1.58. The fourth-order valence-corrected chi connectivity index (χ4v) is 1.58. The minimum Gasteiger partial charge on any atom is -0.346 e. The summed E-state index contributed by atoms with van der Waals surface area (Å²) in [4.78, 5) is 0. The lowest BCUT2D eigenvalue weighted by atomic mass is 10.3. The summed E-state index contributed by atoms with van der Waals surface area (Å²) in [6.45, 7) is 4.79. The van der Waals surface area contributed by atoms with E-state index in [-0.39, 0.29) is 0 Å². The summed E-state index contributed by atoms with van der Waals surface area (Å²) in [6.07, 6.45) is 5.93. The van der Waals surface area contributed by atoms with Gasteiger partial charge in [0.2, 0.25) is 0 Å². The van der Waals surface area contributed by atoms with Gasteiger partial charge in [-0.05, 0) is 18.2 Å². The van der Waals surface area contributed by atoms with Crippen molar-refractivity contribution in [2.45, 2.75) is 20.0 Å². The average molecular weight is 219 g/mol. The van der Waals surface area contributed by atoms with Crippen LogP contribution in [0.25, 0.3) is 0 Å². The second-order valence-corrected chi connectivity index (χ2v) is 3.83. The van der Waals surface area contributed by atoms with Gasteiger partial charge in [0, 0.05) is 26.0 Å². The van der Waals surface area contributed by atoms with Crippen molar-refractivity contribution < 1.29 is 0 Å². The van der Waals surface area contributed by atoms with Crippen molar-refractivity contribution in [3.8, 4) is 0 Å². The first-order chi connectivity index (χ1) is 7.79. The van der Waals surface area contributed by atoms with Crippen molar-refractivity contribution in [3.05, 3.63) is 36.2 Å². The Balaban J connectivity index is 2.00. The zero-order valence-electron chi connectivity index (χ0n) is 9.72. The molecule has 0 saturated heterocycles. The molecule has 1 N–H and O–H groups in total. The summed E-state index contributed by atoms with van der Waals surface area (Å²) in [5.41, 5.74) is 1.30. The number of rotatable bonds is 5. The molecule has 0 atom stereocenters. The van der Waals surface area contributed by atoms with E-state index in [2.05, 4.69) is 45.5 Å². The summed E-state index contributed by atoms with van der Waals surface area (Å²) in [5.74, 6) is 0.964. The molecule has 2 aromatic rings. The van der Waals surface area contributed by atoms with E-state index < -0.39 is 0 Å². The van der Waals surface area contributed by atoms with E-state index in [1.54, 1.807) is 6.33 Å². The minimum atomic E-state index is 0.766. The smallest absolute Gasteiger partial charge is 0.152 e. The second kappa shape index (κ2) is 4.94. The molecular weight excluding hydrogens is 202 g/mol. The number of hydrogen-bond donors (Lipinski definition) is 1. The molecule has 0 unspecified atom stereocenters. The molecule has 2 rings (SSSR count). The van der Waals surface area contributed by atoms with Crippen LogP contribution < -0.4 is 5.32 Å². The number of hydrogen-bond acceptors (Lipinski definition) is 3. The van der Waals surface area contributed by atoms with Crippen LogP contribution in [0, 0.1) is 0 Å². The van der Waals surface area contributed by atoms with Gasteiger partial charge in [-0.25, -0.2) is 0 Å². The van der Waals surface area contributed by atoms with E-state index in [1.165, 1.54) is 5.56 Å². The van der Waals surface area contributed by atoms with E-state index in [4.69, 9.17) is 0 Å². The summed E-state index contributed by atoms with van der Waals surface area (Å²) < 4.78 is 4.06. The van der Waals surface area contributed by atoms with Gasteiger partial charge in [0.1, 0.15) is 6.33 Å². The van der Waals surface area contributed by atoms with E-state index in [0.717, 1.165) is 25.5 Å². The van der Waals surface area contributed by atoms with E-state index >= 15 is 0 Å². The molecule has 0 aromatic carbocycles. The largest absolute Gasteiger partial charge is 0.346 e. The van der Waals surface area contributed by atoms with Gasteiger partial charge in [-0.3, -0.25) is 0 Å². The maximum atomic E-state index is 4.06. The second-order valence-electron chi connectivity index (χ2n) is 3.83. The highest BCUT2D eigenvalue weighted by atomic mass is 15.3. The van der Waals surface area contributed by atoms with E-state index in [0.29, 0.717) is 0 Å². The molecule has 2 heterocycles. The Kier molecular flexibility index (Phi) is 3.36. The van der Waals surface area contributed by atoms with Crippen molar-refractivity contribution in [3.63, 3.8) is 0 Å². The average Bonchev–Trinajstić information content (AvgIpc) is 2.87. The Morgan fingerprint density at radius 2 is 2.31 bits per heavy atom. The first-order valence-corrected chi connectivity index (χ1v) is 5.48. The van der Waals surface area contributed by atoms with Gasteiger partial charge >= 0.3 is 0 Å². The maximum absolute atomic E-state index is 4.06. The Morgan fingerprint density at radius 3 is 3.00 bits per heavy atom. The topological polar surface area (TPSA) is 47.7 Å². The van der Waals surface area contributed by atoms with Crippen LogP contribution in [0.4, 0.5) is 0 Å². The monoisotopic (exact) mass is 219 g/mol. The Labute approximate surface area is 95.1 Å². The highest BCUT2D eigenvalue weighted by Crippen LogP contribution is 2.03. The molecule has 0 bridgehead atoms. The molecule has 0 aliphatic heterocycles. The number of aromatic nitrogens is 4. The van der Waals surface area contributed by atoms with Gasteiger partial charge in [-0.1, -0.05) is 6.92 Å². The van der Waals surface area contributed by atoms with Crippen molar-refractivity contribution in [1.82, 2.24) is 24.6 Å². The van der Waals surface area contributed by atoms with E-state index in [1.807, 2.05) is 11.6 Å². The van der Waals surface area contributed by atoms with Crippen LogP contribution in [0.2, 0.25) is 0 Å². The molecular formula is C11H17N5. The van der Waals surface area contributed by atoms with Gasteiger partial charge in [0.25, 0.3) is 0 Å². The Hall–Kier alpha value is -1.62. The minimum absolute atomic E-state index is 0.766. The zero-order valence-corrected chi connectivity index (χ0v) is 9.72. The summed E-state index contributed by atoms with van der Waals surface area (Å²) >= 11 is 0. The van der Waals surface area contributed by atoms with Crippen LogP contribution >= 0.6 is 0 Å². The fraction of sp³-hybridized carbons (Fsp3) is 0.455. The molecule has 5 nitrogen and oxygen atoms in total. The molecule has 5 heteroatoms. The van der Waals surface area contributed by atoms with Crippen LogP contribution in [0.15, 0.2) is 24.8 Å². The quantitative estimate of drug-likeness (QED) is 0.808. The molecule has 0 amide bonds. The number of aryl methyl sites for hydroxylation is 1. The summed E-state index contributed by atoms with van der Waals surface area (Å²) in [7, 11) is 1.96. The lowest BCUT2D eigenvalue weighted by Gasteiger charge is -2.02. The normalized spacial score (nSPS) is 10.9. The predicted octanol–water partition coefficient (Wildman–Crippen LogP) is 0.774. The molecule has 0 fully saturated rings. The molecule has 0 aliphatic rings. The first kappa shape index (κ1) is 10.9. The van der Waals surface area contributed by atoms with Crippen LogP contribution in [-0.2, 0) is 20.1 Å². The summed E-state index contributed by atoms with van der Waals surface area (Å²) in [5, 5.41) is 11.2. The van der Waals surface area contributed by atoms with Gasteiger partial charge in [0.15, 0.2) is 5.82 Å². The third-order valence-electron chi connectivity index (χ3n) is 2.52. The maximum Gasteiger partial charge on any atom is 0.152 e. The lowest BCUT2D eigenvalue weighted by Crippen LogP contribution is -2.11. The SMILES string of the molecule is CCNCc1ccn(Cc2nncn2C)c1. The Morgan fingerprint density at radius 1 is 1.44 bits per heavy atom. The van der Waals surface area contributed by atoms with Crippen LogP contribution in [0.5, 0.6) is 0 Å². The lowest BCUT2D eigenvalue weighted by molar-refractivity contribution is 0.691. The standard InChI is InChI=1S/C11H17N5/c1-3-12-6-10-4-5-16(7-10)8-11-14-13-9-15(11)2/h4-5,7,9,12H,3,6,8H2,1-2H3. The molecule has 16 heavy (non-hydrogen) atoms. The van der Waals surface area contributed by atoms with E-state index in [9.17, 15) is 0 Å². The van der Waals surface area contributed by atoms with Crippen LogP contribution in [0.3, 0.4) is 0 Å². The molecule has 86 valence electrons. The Bertz CT molecular complexity index is 443. The van der Waals surface area contributed by atoms with Crippen molar-refractivity contribution in [2.75, 3.05) is 6.54 Å². The highest BCUT2D eigenvalue weighted by molar-refractivity contribution is 5.10. The first-order valence-electron chi connectivity index (χ1n) is 5.48. The number of nitrogens with zero attached hydrogens (tertiary/aromatic N) is 4. The van der Waals surface area contributed by atoms with Gasteiger partial charge in [-0.15, -0.1) is 10.2 Å². The molecule has 0 aliphatic carbocycles. The molecule has 0 spiro atoms. The van der Waals surface area contributed by atoms with Crippen molar-refractivity contribution in [2.24, 2.45) is 7.05 Å². The van der Waals surface area contributed by atoms with Gasteiger partial charge < -0.3 is 14.5 Å². The zero-order chi connectivity index (χ0) is 11.4.